The van der Waals surface area contributed by atoms with Crippen molar-refractivity contribution < 1.29 is 17.6 Å². The van der Waals surface area contributed by atoms with Crippen LogP contribution in [0.15, 0.2) is 29.2 Å². The summed E-state index contributed by atoms with van der Waals surface area (Å²) in [6.45, 7) is 4.09. The Bertz CT molecular complexity index is 619. The largest absolute Gasteiger partial charge is 0.337 e. The second-order valence-electron chi connectivity index (χ2n) is 5.24. The lowest BCUT2D eigenvalue weighted by molar-refractivity contribution is -0.133. The van der Waals surface area contributed by atoms with Crippen molar-refractivity contribution in [2.45, 2.75) is 24.3 Å². The molecule has 0 bridgehead atoms. The molecule has 122 valence electrons. The molecule has 0 saturated carbocycles. The fourth-order valence-electron chi connectivity index (χ4n) is 2.34. The molecule has 0 spiro atoms. The average Bonchev–Trinajstić information content (AvgIpc) is 2.48. The number of benzene rings is 1. The molecule has 8 heteroatoms. The molecule has 2 N–H and O–H groups in total. The summed E-state index contributed by atoms with van der Waals surface area (Å²) < 4.78 is 39.2. The Kier molecular flexibility index (Phi) is 5.49. The number of carbonyl (C=O) groups is 1. The lowest BCUT2D eigenvalue weighted by atomic mass is 10.2. The molecule has 1 heterocycles. The summed E-state index contributed by atoms with van der Waals surface area (Å²) in [5, 5.41) is 3.19. The second kappa shape index (κ2) is 7.17. The van der Waals surface area contributed by atoms with E-state index in [9.17, 15) is 17.6 Å². The average molecular weight is 329 g/mol. The van der Waals surface area contributed by atoms with Gasteiger partial charge >= 0.3 is 0 Å². The third-order valence-corrected chi connectivity index (χ3v) is 5.05. The zero-order valence-corrected chi connectivity index (χ0v) is 13.2. The van der Waals surface area contributed by atoms with E-state index in [1.54, 1.807) is 4.90 Å². The fourth-order valence-corrected chi connectivity index (χ4v) is 3.38. The van der Waals surface area contributed by atoms with Gasteiger partial charge in [-0.1, -0.05) is 0 Å². The topological polar surface area (TPSA) is 78.5 Å². The zero-order valence-electron chi connectivity index (χ0n) is 12.4. The van der Waals surface area contributed by atoms with E-state index in [1.807, 2.05) is 6.92 Å². The Hall–Kier alpha value is -1.51. The van der Waals surface area contributed by atoms with E-state index in [4.69, 9.17) is 0 Å². The van der Waals surface area contributed by atoms with Gasteiger partial charge in [-0.15, -0.1) is 0 Å². The van der Waals surface area contributed by atoms with Gasteiger partial charge in [0.25, 0.3) is 0 Å². The molecule has 1 aromatic carbocycles. The summed E-state index contributed by atoms with van der Waals surface area (Å²) in [7, 11) is -3.72. The number of rotatable bonds is 5. The third kappa shape index (κ3) is 4.25. The van der Waals surface area contributed by atoms with Gasteiger partial charge in [0.15, 0.2) is 0 Å². The molecular formula is C14H20FN3O3S. The van der Waals surface area contributed by atoms with Crippen LogP contribution in [0.3, 0.4) is 0 Å². The van der Waals surface area contributed by atoms with Gasteiger partial charge in [0.05, 0.1) is 4.90 Å². The predicted octanol–water partition coefficient (Wildman–Crippen LogP) is 0.314. The number of nitrogens with zero attached hydrogens (tertiary/aromatic N) is 1. The van der Waals surface area contributed by atoms with E-state index in [-0.39, 0.29) is 29.8 Å². The summed E-state index contributed by atoms with van der Waals surface area (Å²) in [6, 6.07) is 4.66. The van der Waals surface area contributed by atoms with Crippen LogP contribution >= 0.6 is 0 Å². The molecule has 1 aliphatic heterocycles. The molecule has 1 amide bonds. The van der Waals surface area contributed by atoms with Crippen LogP contribution in [0.5, 0.6) is 0 Å². The number of hydrogen-bond donors (Lipinski definition) is 2. The first-order valence-corrected chi connectivity index (χ1v) is 8.64. The van der Waals surface area contributed by atoms with Crippen molar-refractivity contribution in [3.8, 4) is 0 Å². The quantitative estimate of drug-likeness (QED) is 0.815. The monoisotopic (exact) mass is 329 g/mol. The van der Waals surface area contributed by atoms with E-state index in [0.29, 0.717) is 6.54 Å². The van der Waals surface area contributed by atoms with Gasteiger partial charge in [-0.2, -0.15) is 0 Å². The maximum absolute atomic E-state index is 12.8. The highest BCUT2D eigenvalue weighted by atomic mass is 32.2. The molecular weight excluding hydrogens is 309 g/mol. The van der Waals surface area contributed by atoms with Gasteiger partial charge in [0, 0.05) is 38.6 Å². The molecule has 1 fully saturated rings. The number of halogens is 1. The summed E-state index contributed by atoms with van der Waals surface area (Å²) in [5.41, 5.74) is 0. The Labute approximate surface area is 129 Å². The number of sulfonamides is 1. The first-order valence-electron chi connectivity index (χ1n) is 7.15. The maximum Gasteiger partial charge on any atom is 0.240 e. The van der Waals surface area contributed by atoms with Crippen molar-refractivity contribution in [3.63, 3.8) is 0 Å². The number of amides is 1. The highest BCUT2D eigenvalue weighted by Gasteiger charge is 2.23. The maximum atomic E-state index is 12.8. The van der Waals surface area contributed by atoms with Crippen LogP contribution < -0.4 is 10.0 Å². The Morgan fingerprint density at radius 3 is 2.73 bits per heavy atom. The van der Waals surface area contributed by atoms with Crippen LogP contribution in [0.25, 0.3) is 0 Å². The molecule has 1 aliphatic rings. The van der Waals surface area contributed by atoms with Crippen molar-refractivity contribution in [1.82, 2.24) is 14.9 Å². The van der Waals surface area contributed by atoms with Gasteiger partial charge in [-0.3, -0.25) is 4.79 Å². The summed E-state index contributed by atoms with van der Waals surface area (Å²) in [6.07, 6.45) is 0.102. The van der Waals surface area contributed by atoms with Gasteiger partial charge in [0.1, 0.15) is 5.82 Å². The number of nitrogens with one attached hydrogen (secondary N) is 2. The standard InChI is InChI=1S/C14H20FN3O3S/c1-11-10-16-8-9-18(11)14(19)6-7-17-22(20,21)13-4-2-12(15)3-5-13/h2-5,11,16-17H,6-10H2,1H3. The Morgan fingerprint density at radius 1 is 1.41 bits per heavy atom. The summed E-state index contributed by atoms with van der Waals surface area (Å²) >= 11 is 0. The van der Waals surface area contributed by atoms with Crippen LogP contribution in [0.2, 0.25) is 0 Å². The smallest absolute Gasteiger partial charge is 0.240 e. The summed E-state index contributed by atoms with van der Waals surface area (Å²) in [4.78, 5) is 13.8. The van der Waals surface area contributed by atoms with Gasteiger partial charge in [-0.25, -0.2) is 17.5 Å². The van der Waals surface area contributed by atoms with Crippen molar-refractivity contribution in [1.29, 1.82) is 0 Å². The van der Waals surface area contributed by atoms with Crippen molar-refractivity contribution in [3.05, 3.63) is 30.1 Å². The summed E-state index contributed by atoms with van der Waals surface area (Å²) in [5.74, 6) is -0.572. The van der Waals surface area contributed by atoms with Crippen molar-refractivity contribution >= 4 is 15.9 Å². The minimum Gasteiger partial charge on any atom is -0.337 e. The molecule has 0 radical (unpaired) electrons. The molecule has 0 aromatic heterocycles. The van der Waals surface area contributed by atoms with Gasteiger partial charge in [0.2, 0.25) is 15.9 Å². The SMILES string of the molecule is CC1CNCCN1C(=O)CCNS(=O)(=O)c1ccc(F)cc1. The number of hydrogen-bond acceptors (Lipinski definition) is 4. The third-order valence-electron chi connectivity index (χ3n) is 3.58. The van der Waals surface area contributed by atoms with E-state index in [1.165, 1.54) is 12.1 Å². The molecule has 2 rings (SSSR count). The van der Waals surface area contributed by atoms with Crippen LogP contribution in [-0.4, -0.2) is 51.4 Å². The molecule has 1 atom stereocenters. The molecule has 22 heavy (non-hydrogen) atoms. The molecule has 1 aromatic rings. The first-order chi connectivity index (χ1) is 10.4. The zero-order chi connectivity index (χ0) is 16.2. The molecule has 0 aliphatic carbocycles. The van der Waals surface area contributed by atoms with E-state index < -0.39 is 15.8 Å². The first kappa shape index (κ1) is 16.9. The van der Waals surface area contributed by atoms with Crippen molar-refractivity contribution in [2.24, 2.45) is 0 Å². The Balaban J connectivity index is 1.87. The molecule has 1 saturated heterocycles. The lowest BCUT2D eigenvalue weighted by Crippen LogP contribution is -2.52. The van der Waals surface area contributed by atoms with Gasteiger partial charge < -0.3 is 10.2 Å². The van der Waals surface area contributed by atoms with Crippen molar-refractivity contribution in [2.75, 3.05) is 26.2 Å². The minimum absolute atomic E-state index is 0.0168. The van der Waals surface area contributed by atoms with E-state index in [0.717, 1.165) is 25.2 Å². The van der Waals surface area contributed by atoms with Crippen LogP contribution in [0.1, 0.15) is 13.3 Å². The molecule has 6 nitrogen and oxygen atoms in total. The lowest BCUT2D eigenvalue weighted by Gasteiger charge is -2.34. The van der Waals surface area contributed by atoms with Gasteiger partial charge in [-0.05, 0) is 31.2 Å². The van der Waals surface area contributed by atoms with E-state index >= 15 is 0 Å². The second-order valence-corrected chi connectivity index (χ2v) is 7.01. The van der Waals surface area contributed by atoms with Crippen LogP contribution in [-0.2, 0) is 14.8 Å². The van der Waals surface area contributed by atoms with Crippen LogP contribution in [0, 0.1) is 5.82 Å². The predicted molar refractivity (Wildman–Crippen MR) is 80.3 cm³/mol. The van der Waals surface area contributed by atoms with Crippen LogP contribution in [0.4, 0.5) is 4.39 Å². The number of piperazine rings is 1. The highest BCUT2D eigenvalue weighted by molar-refractivity contribution is 7.89. The normalized spacial score (nSPS) is 19.2. The minimum atomic E-state index is -3.72. The van der Waals surface area contributed by atoms with E-state index in [2.05, 4.69) is 10.0 Å². The number of carbonyl (C=O) groups excluding carboxylic acids is 1. The molecule has 1 unspecified atom stereocenters. The Morgan fingerprint density at radius 2 is 2.09 bits per heavy atom. The fraction of sp³-hybridized carbons (Fsp3) is 0.500. The highest BCUT2D eigenvalue weighted by Crippen LogP contribution is 2.10.